The first-order chi connectivity index (χ1) is 17.7. The van der Waals surface area contributed by atoms with Gasteiger partial charge in [0, 0.05) is 35.3 Å². The zero-order valence-electron chi connectivity index (χ0n) is 19.3. The lowest BCUT2D eigenvalue weighted by atomic mass is 10.0. The van der Waals surface area contributed by atoms with Crippen molar-refractivity contribution in [2.24, 2.45) is 0 Å². The number of benzene rings is 1. The smallest absolute Gasteiger partial charge is 0.352 e. The number of nitrogens with zero attached hydrogens (tertiary/aromatic N) is 2. The third kappa shape index (κ3) is 5.65. The Morgan fingerprint density at radius 3 is 2.57 bits per heavy atom. The molecule has 37 heavy (non-hydrogen) atoms. The summed E-state index contributed by atoms with van der Waals surface area (Å²) in [4.78, 5) is 61.1. The zero-order chi connectivity index (χ0) is 26.7. The fourth-order valence-corrected chi connectivity index (χ4v) is 5.93. The number of ether oxygens (including phenoxy) is 2. The van der Waals surface area contributed by atoms with Crippen LogP contribution in [0.1, 0.15) is 23.5 Å². The van der Waals surface area contributed by atoms with E-state index in [0.29, 0.717) is 16.0 Å². The molecule has 3 atom stereocenters. The quantitative estimate of drug-likeness (QED) is 0.195. The number of β-lactam (4-membered cyclic amide) rings is 1. The van der Waals surface area contributed by atoms with Crippen LogP contribution in [0.3, 0.4) is 0 Å². The van der Waals surface area contributed by atoms with Gasteiger partial charge in [0.1, 0.15) is 23.7 Å². The summed E-state index contributed by atoms with van der Waals surface area (Å²) in [5.41, 5.74) is 0.597. The second-order valence-electron chi connectivity index (χ2n) is 8.06. The molecule has 3 heterocycles. The number of carbonyl (C=O) groups excluding carboxylic acids is 3. The first-order valence-corrected chi connectivity index (χ1v) is 12.8. The molecule has 2 amide bonds. The summed E-state index contributed by atoms with van der Waals surface area (Å²) in [6.45, 7) is 0.949. The molecule has 1 unspecified atom stereocenters. The monoisotopic (exact) mass is 547 g/mol. The molecular formula is C23H21N3O9S2. The number of carbonyl (C=O) groups is 4. The van der Waals surface area contributed by atoms with Gasteiger partial charge in [-0.2, -0.15) is 0 Å². The largest absolute Gasteiger partial charge is 0.477 e. The number of nitro benzene ring substituents is 1. The average Bonchev–Trinajstić information content (AvgIpc) is 3.40. The van der Waals surface area contributed by atoms with Gasteiger partial charge in [-0.15, -0.1) is 23.1 Å². The van der Waals surface area contributed by atoms with Crippen LogP contribution in [-0.2, 0) is 35.3 Å². The van der Waals surface area contributed by atoms with E-state index >= 15 is 0 Å². The van der Waals surface area contributed by atoms with Crippen molar-refractivity contribution in [1.82, 2.24) is 10.2 Å². The Bertz CT molecular complexity index is 1260. The van der Waals surface area contributed by atoms with Crippen molar-refractivity contribution < 1.29 is 38.7 Å². The van der Waals surface area contributed by atoms with E-state index in [2.05, 4.69) is 5.32 Å². The topological polar surface area (TPSA) is 165 Å². The average molecular weight is 548 g/mol. The number of rotatable bonds is 10. The van der Waals surface area contributed by atoms with Crippen LogP contribution >= 0.6 is 23.1 Å². The van der Waals surface area contributed by atoms with Gasteiger partial charge in [-0.3, -0.25) is 29.4 Å². The van der Waals surface area contributed by atoms with Crippen molar-refractivity contribution in [3.63, 3.8) is 0 Å². The second kappa shape index (κ2) is 11.1. The second-order valence-corrected chi connectivity index (χ2v) is 10.1. The minimum atomic E-state index is -1.33. The van der Waals surface area contributed by atoms with Gasteiger partial charge in [-0.1, -0.05) is 6.07 Å². The molecule has 4 rings (SSSR count). The maximum Gasteiger partial charge on any atom is 0.352 e. The minimum absolute atomic E-state index is 0.0116. The van der Waals surface area contributed by atoms with E-state index in [4.69, 9.17) is 9.47 Å². The summed E-state index contributed by atoms with van der Waals surface area (Å²) in [5, 5.41) is 24.3. The number of amides is 2. The molecule has 1 aromatic carbocycles. The first-order valence-electron chi connectivity index (χ1n) is 10.9. The number of thioether (sulfide) groups is 1. The van der Waals surface area contributed by atoms with E-state index in [1.54, 1.807) is 17.5 Å². The van der Waals surface area contributed by atoms with Gasteiger partial charge in [0.05, 0.1) is 11.5 Å². The van der Waals surface area contributed by atoms with Crippen LogP contribution in [0.5, 0.6) is 0 Å². The number of nitro groups is 1. The van der Waals surface area contributed by atoms with Crippen LogP contribution in [0.25, 0.3) is 0 Å². The van der Waals surface area contributed by atoms with Gasteiger partial charge < -0.3 is 19.9 Å². The molecular weight excluding hydrogens is 526 g/mol. The molecule has 2 aliphatic rings. The van der Waals surface area contributed by atoms with E-state index in [9.17, 15) is 34.4 Å². The number of hydrogen-bond acceptors (Lipinski definition) is 10. The molecule has 0 radical (unpaired) electrons. The first kappa shape index (κ1) is 26.3. The number of aliphatic carboxylic acids is 1. The number of thiophene rings is 1. The third-order valence-electron chi connectivity index (χ3n) is 5.60. The number of hydrogen-bond donors (Lipinski definition) is 2. The van der Waals surface area contributed by atoms with Crippen molar-refractivity contribution in [2.45, 2.75) is 31.1 Å². The van der Waals surface area contributed by atoms with Crippen LogP contribution in [0.4, 0.5) is 5.69 Å². The Hall–Kier alpha value is -3.75. The molecule has 194 valence electrons. The molecule has 2 N–H and O–H groups in total. The third-order valence-corrected chi connectivity index (χ3v) is 7.86. The Morgan fingerprint density at radius 1 is 1.24 bits per heavy atom. The fourth-order valence-electron chi connectivity index (χ4n) is 3.83. The van der Waals surface area contributed by atoms with Crippen molar-refractivity contribution >= 4 is 52.5 Å². The van der Waals surface area contributed by atoms with Crippen molar-refractivity contribution in [1.29, 1.82) is 0 Å². The number of carboxylic acid groups (broad SMARTS) is 1. The van der Waals surface area contributed by atoms with E-state index in [1.165, 1.54) is 54.3 Å². The van der Waals surface area contributed by atoms with Gasteiger partial charge in [-0.05, 0) is 29.1 Å². The Balaban J connectivity index is 1.45. The van der Waals surface area contributed by atoms with Crippen molar-refractivity contribution in [3.05, 3.63) is 73.6 Å². The maximum absolute atomic E-state index is 13.2. The van der Waals surface area contributed by atoms with Gasteiger partial charge in [0.25, 0.3) is 17.5 Å². The fraction of sp³-hybridized carbons (Fsp3) is 0.304. The summed E-state index contributed by atoms with van der Waals surface area (Å²) in [6.07, 6.45) is -1.06. The van der Waals surface area contributed by atoms with Gasteiger partial charge in [0.15, 0.2) is 6.10 Å². The predicted molar refractivity (Wildman–Crippen MR) is 131 cm³/mol. The Morgan fingerprint density at radius 2 is 1.97 bits per heavy atom. The number of non-ortho nitro benzene ring substituents is 1. The highest BCUT2D eigenvalue weighted by Crippen LogP contribution is 2.40. The van der Waals surface area contributed by atoms with E-state index in [-0.39, 0.29) is 30.4 Å². The van der Waals surface area contributed by atoms with Gasteiger partial charge >= 0.3 is 11.9 Å². The number of nitrogens with one attached hydrogen (secondary N) is 1. The molecule has 14 heteroatoms. The number of carboxylic acids is 1. The number of fused-ring (bicyclic) bond motifs is 1. The molecule has 0 aliphatic carbocycles. The van der Waals surface area contributed by atoms with Gasteiger partial charge in [0.2, 0.25) is 0 Å². The van der Waals surface area contributed by atoms with E-state index in [1.807, 2.05) is 0 Å². The van der Waals surface area contributed by atoms with Crippen molar-refractivity contribution in [3.8, 4) is 0 Å². The summed E-state index contributed by atoms with van der Waals surface area (Å²) in [5.74, 6) is -2.86. The predicted octanol–water partition coefficient (Wildman–Crippen LogP) is 2.22. The Kier molecular flexibility index (Phi) is 7.90. The van der Waals surface area contributed by atoms with Crippen LogP contribution in [0, 0.1) is 10.1 Å². The molecule has 1 saturated heterocycles. The normalized spacial score (nSPS) is 19.5. The van der Waals surface area contributed by atoms with E-state index < -0.39 is 46.2 Å². The molecule has 1 aromatic heterocycles. The number of esters is 1. The van der Waals surface area contributed by atoms with Crippen molar-refractivity contribution in [2.75, 3.05) is 12.4 Å². The highest BCUT2D eigenvalue weighted by atomic mass is 32.2. The van der Waals surface area contributed by atoms with Gasteiger partial charge in [-0.25, -0.2) is 4.79 Å². The lowest BCUT2D eigenvalue weighted by molar-refractivity contribution is -0.384. The minimum Gasteiger partial charge on any atom is -0.477 e. The molecule has 1 fully saturated rings. The summed E-state index contributed by atoms with van der Waals surface area (Å²) in [6, 6.07) is 8.22. The summed E-state index contributed by atoms with van der Waals surface area (Å²) >= 11 is 2.54. The van der Waals surface area contributed by atoms with Crippen LogP contribution < -0.4 is 5.32 Å². The molecule has 2 aliphatic heterocycles. The van der Waals surface area contributed by atoms with Crippen LogP contribution in [-0.4, -0.2) is 62.5 Å². The lowest BCUT2D eigenvalue weighted by Gasteiger charge is -2.49. The van der Waals surface area contributed by atoms with Crippen LogP contribution in [0.15, 0.2) is 53.0 Å². The van der Waals surface area contributed by atoms with Crippen LogP contribution in [0.2, 0.25) is 0 Å². The standard InChI is InChI=1S/C23H21N3O9S2/c1-12(27)34-10-14-11-37-22-17(21(29)25(22)18(14)23(30)31)24-20(28)19(16-3-2-8-36-16)35-9-13-4-6-15(7-5-13)26(32)33/h2-8,17,19,22H,9-11H2,1H3,(H,24,28)(H,30,31)/t17-,19?,22-/m1/s1. The molecule has 2 aromatic rings. The highest BCUT2D eigenvalue weighted by Gasteiger charge is 2.54. The molecule has 12 nitrogen and oxygen atoms in total. The molecule has 0 bridgehead atoms. The Labute approximate surface area is 218 Å². The molecule has 0 saturated carbocycles. The van der Waals surface area contributed by atoms with E-state index in [0.717, 1.165) is 4.90 Å². The SMILES string of the molecule is CC(=O)OCC1=C(C(=O)O)N2C(=O)[C@@H](NC(=O)C(OCc3ccc([N+](=O)[O-])cc3)c3cccs3)[C@H]2SC1. The maximum atomic E-state index is 13.2. The zero-order valence-corrected chi connectivity index (χ0v) is 21.0. The highest BCUT2D eigenvalue weighted by molar-refractivity contribution is 8.00. The molecule has 0 spiro atoms. The summed E-state index contributed by atoms with van der Waals surface area (Å²) < 4.78 is 10.8. The lowest BCUT2D eigenvalue weighted by Crippen LogP contribution is -2.71. The summed E-state index contributed by atoms with van der Waals surface area (Å²) in [7, 11) is 0.